The monoisotopic (exact) mass is 344 g/mol. The molecule has 0 aromatic rings. The smallest absolute Gasteiger partial charge is 0.334 e. The maximum atomic E-state index is 12.2. The molecule has 0 radical (unpaired) electrons. The first kappa shape index (κ1) is 17.7. The number of carbonyl (C=O) groups excluding carboxylic acids is 2. The van der Waals surface area contributed by atoms with Gasteiger partial charge in [-0.05, 0) is 32.8 Å². The van der Waals surface area contributed by atoms with Gasteiger partial charge < -0.3 is 14.6 Å². The standard InChI is InChI=1S/C20H24O5/c1-10(2)8-15(21)24-14-9-12(4)20(23)7-6-11(3)17(20)18-16(14)13(5)19(22)25-18/h6,8,14,16-18,23H,4-5,7,9H2,1-3H3/t14-,16+,17+,18+,20+/m0/s1. The van der Waals surface area contributed by atoms with Gasteiger partial charge in [0.05, 0.1) is 17.4 Å². The zero-order valence-corrected chi connectivity index (χ0v) is 14.9. The van der Waals surface area contributed by atoms with E-state index in [4.69, 9.17) is 9.47 Å². The van der Waals surface area contributed by atoms with Gasteiger partial charge in [-0.15, -0.1) is 0 Å². The second-order valence-electron chi connectivity index (χ2n) is 7.48. The summed E-state index contributed by atoms with van der Waals surface area (Å²) in [5, 5.41) is 11.2. The maximum absolute atomic E-state index is 12.2. The molecular weight excluding hydrogens is 320 g/mol. The first-order valence-corrected chi connectivity index (χ1v) is 8.47. The minimum absolute atomic E-state index is 0.271. The highest BCUT2D eigenvalue weighted by molar-refractivity contribution is 5.91. The van der Waals surface area contributed by atoms with Crippen LogP contribution in [0.25, 0.3) is 0 Å². The normalized spacial score (nSPS) is 36.8. The van der Waals surface area contributed by atoms with Crippen LogP contribution in [-0.2, 0) is 19.1 Å². The molecule has 134 valence electrons. The average Bonchev–Trinajstić information content (AvgIpc) is 2.92. The van der Waals surface area contributed by atoms with E-state index in [0.29, 0.717) is 12.0 Å². The Bertz CT molecular complexity index is 724. The highest BCUT2D eigenvalue weighted by Gasteiger charge is 2.59. The van der Waals surface area contributed by atoms with Crippen LogP contribution in [0, 0.1) is 11.8 Å². The second kappa shape index (κ2) is 5.99. The van der Waals surface area contributed by atoms with Gasteiger partial charge in [-0.25, -0.2) is 9.59 Å². The summed E-state index contributed by atoms with van der Waals surface area (Å²) in [4.78, 5) is 24.3. The molecule has 0 unspecified atom stereocenters. The number of esters is 2. The molecule has 3 rings (SSSR count). The summed E-state index contributed by atoms with van der Waals surface area (Å²) < 4.78 is 11.2. The quantitative estimate of drug-likeness (QED) is 0.474. The van der Waals surface area contributed by atoms with Gasteiger partial charge in [0.25, 0.3) is 0 Å². The molecule has 5 heteroatoms. The number of carbonyl (C=O) groups is 2. The summed E-state index contributed by atoms with van der Waals surface area (Å²) >= 11 is 0. The SMILES string of the molecule is C=C1C(=O)O[C@@H]2[C@H]1[C@@H](OC(=O)C=C(C)C)CC(=C)[C@]1(O)CC=C(C)[C@H]21. The van der Waals surface area contributed by atoms with Crippen molar-refractivity contribution in [2.45, 2.75) is 51.4 Å². The van der Waals surface area contributed by atoms with Crippen molar-refractivity contribution in [3.8, 4) is 0 Å². The predicted octanol–water partition coefficient (Wildman–Crippen LogP) is 2.62. The first-order valence-electron chi connectivity index (χ1n) is 8.47. The van der Waals surface area contributed by atoms with Gasteiger partial charge in [0.1, 0.15) is 12.2 Å². The van der Waals surface area contributed by atoms with Crippen molar-refractivity contribution < 1.29 is 24.2 Å². The number of fused-ring (bicyclic) bond motifs is 3. The van der Waals surface area contributed by atoms with Crippen LogP contribution in [0.1, 0.15) is 33.6 Å². The zero-order chi connectivity index (χ0) is 18.5. The minimum atomic E-state index is -1.18. The fraction of sp³-hybridized carbons (Fsp3) is 0.500. The molecule has 1 aliphatic heterocycles. The van der Waals surface area contributed by atoms with Crippen molar-refractivity contribution in [1.29, 1.82) is 0 Å². The number of rotatable bonds is 2. The lowest BCUT2D eigenvalue weighted by Crippen LogP contribution is -2.43. The molecule has 0 bridgehead atoms. The number of allylic oxidation sites excluding steroid dienone is 1. The molecule has 3 aliphatic rings. The molecule has 0 amide bonds. The Kier molecular flexibility index (Phi) is 4.23. The molecular formula is C20H24O5. The Hall–Kier alpha value is -2.14. The average molecular weight is 344 g/mol. The third kappa shape index (κ3) is 2.76. The van der Waals surface area contributed by atoms with Crippen LogP contribution in [-0.4, -0.2) is 34.9 Å². The zero-order valence-electron chi connectivity index (χ0n) is 14.9. The Morgan fingerprint density at radius 2 is 2.12 bits per heavy atom. The maximum Gasteiger partial charge on any atom is 0.334 e. The first-order chi connectivity index (χ1) is 11.6. The number of ether oxygens (including phenoxy) is 2. The van der Waals surface area contributed by atoms with Crippen molar-refractivity contribution in [3.05, 3.63) is 47.6 Å². The topological polar surface area (TPSA) is 72.8 Å². The molecule has 1 heterocycles. The predicted molar refractivity (Wildman–Crippen MR) is 92.4 cm³/mol. The van der Waals surface area contributed by atoms with Gasteiger partial charge in [-0.1, -0.05) is 30.4 Å². The number of aliphatic hydroxyl groups is 1. The lowest BCUT2D eigenvalue weighted by atomic mass is 9.77. The summed E-state index contributed by atoms with van der Waals surface area (Å²) in [5.74, 6) is -1.84. The summed E-state index contributed by atoms with van der Waals surface area (Å²) in [5.41, 5.74) is 1.48. The minimum Gasteiger partial charge on any atom is -0.458 e. The van der Waals surface area contributed by atoms with Gasteiger partial charge in [0, 0.05) is 18.1 Å². The Morgan fingerprint density at radius 3 is 2.76 bits per heavy atom. The van der Waals surface area contributed by atoms with Crippen molar-refractivity contribution in [2.24, 2.45) is 11.8 Å². The molecule has 1 saturated heterocycles. The molecule has 2 fully saturated rings. The number of hydrogen-bond acceptors (Lipinski definition) is 5. The van der Waals surface area contributed by atoms with E-state index < -0.39 is 35.7 Å². The molecule has 0 spiro atoms. The van der Waals surface area contributed by atoms with Gasteiger partial charge in [-0.2, -0.15) is 0 Å². The van der Waals surface area contributed by atoms with Crippen LogP contribution in [0.5, 0.6) is 0 Å². The van der Waals surface area contributed by atoms with E-state index in [1.165, 1.54) is 6.08 Å². The van der Waals surface area contributed by atoms with Gasteiger partial charge in [-0.3, -0.25) is 0 Å². The van der Waals surface area contributed by atoms with Crippen LogP contribution >= 0.6 is 0 Å². The van der Waals surface area contributed by atoms with E-state index in [1.807, 2.05) is 13.0 Å². The van der Waals surface area contributed by atoms with Crippen molar-refractivity contribution in [1.82, 2.24) is 0 Å². The Morgan fingerprint density at radius 1 is 1.44 bits per heavy atom. The molecule has 0 aromatic heterocycles. The van der Waals surface area contributed by atoms with E-state index in [2.05, 4.69) is 13.2 Å². The number of hydrogen-bond donors (Lipinski definition) is 1. The van der Waals surface area contributed by atoms with E-state index >= 15 is 0 Å². The van der Waals surface area contributed by atoms with E-state index in [1.54, 1.807) is 13.8 Å². The van der Waals surface area contributed by atoms with Crippen LogP contribution in [0.3, 0.4) is 0 Å². The molecule has 2 aliphatic carbocycles. The third-order valence-corrected chi connectivity index (χ3v) is 5.46. The van der Waals surface area contributed by atoms with Crippen molar-refractivity contribution >= 4 is 11.9 Å². The fourth-order valence-corrected chi connectivity index (χ4v) is 4.24. The molecule has 5 atom stereocenters. The molecule has 1 saturated carbocycles. The van der Waals surface area contributed by atoms with Gasteiger partial charge >= 0.3 is 11.9 Å². The van der Waals surface area contributed by atoms with Crippen LogP contribution in [0.4, 0.5) is 0 Å². The summed E-state index contributed by atoms with van der Waals surface area (Å²) in [6, 6.07) is 0. The van der Waals surface area contributed by atoms with E-state index in [9.17, 15) is 14.7 Å². The Balaban J connectivity index is 2.01. The fourth-order valence-electron chi connectivity index (χ4n) is 4.24. The Labute approximate surface area is 147 Å². The highest BCUT2D eigenvalue weighted by Crippen LogP contribution is 2.53. The van der Waals surface area contributed by atoms with Crippen LogP contribution in [0.2, 0.25) is 0 Å². The molecule has 1 N–H and O–H groups in total. The lowest BCUT2D eigenvalue weighted by Gasteiger charge is -2.34. The molecule has 0 aromatic carbocycles. The molecule has 5 nitrogen and oxygen atoms in total. The summed E-state index contributed by atoms with van der Waals surface area (Å²) in [6.07, 6.45) is 2.81. The van der Waals surface area contributed by atoms with Crippen molar-refractivity contribution in [3.63, 3.8) is 0 Å². The third-order valence-electron chi connectivity index (χ3n) is 5.46. The molecule has 25 heavy (non-hydrogen) atoms. The van der Waals surface area contributed by atoms with Crippen LogP contribution < -0.4 is 0 Å². The summed E-state index contributed by atoms with van der Waals surface area (Å²) in [7, 11) is 0. The largest absolute Gasteiger partial charge is 0.458 e. The van der Waals surface area contributed by atoms with Crippen LogP contribution in [0.15, 0.2) is 47.6 Å². The lowest BCUT2D eigenvalue weighted by molar-refractivity contribution is -0.147. The van der Waals surface area contributed by atoms with Gasteiger partial charge in [0.15, 0.2) is 0 Å². The highest BCUT2D eigenvalue weighted by atomic mass is 16.6. The second-order valence-corrected chi connectivity index (χ2v) is 7.48. The van der Waals surface area contributed by atoms with Crippen molar-refractivity contribution in [2.75, 3.05) is 0 Å². The van der Waals surface area contributed by atoms with E-state index in [0.717, 1.165) is 11.1 Å². The summed E-state index contributed by atoms with van der Waals surface area (Å²) in [6.45, 7) is 13.4. The van der Waals surface area contributed by atoms with Gasteiger partial charge in [0.2, 0.25) is 0 Å². The van der Waals surface area contributed by atoms with E-state index in [-0.39, 0.29) is 17.9 Å².